The molecule has 3 aromatic heterocycles. The summed E-state index contributed by atoms with van der Waals surface area (Å²) >= 11 is 1.42. The third-order valence-electron chi connectivity index (χ3n) is 12.6. The number of fused-ring (bicyclic) bond motifs is 6. The van der Waals surface area contributed by atoms with E-state index in [1.807, 2.05) is 39.1 Å². The van der Waals surface area contributed by atoms with Crippen LogP contribution < -0.4 is 10.7 Å². The number of rotatable bonds is 9. The van der Waals surface area contributed by atoms with Gasteiger partial charge in [0.15, 0.2) is 0 Å². The van der Waals surface area contributed by atoms with E-state index in [2.05, 4.69) is 53.4 Å². The van der Waals surface area contributed by atoms with Gasteiger partial charge < -0.3 is 33.9 Å². The molecule has 61 heavy (non-hydrogen) atoms. The minimum Gasteiger partial charge on any atom is -0.461 e. The number of cyclic esters (lactones) is 1. The van der Waals surface area contributed by atoms with E-state index >= 15 is 0 Å². The smallest absolute Gasteiger partial charge is 0.325 e. The number of hydrogen-bond donors (Lipinski definition) is 2. The number of methoxy groups -OCH3 is 2. The minimum atomic E-state index is -1.04. The largest absolute Gasteiger partial charge is 0.461 e. The van der Waals surface area contributed by atoms with Crippen molar-refractivity contribution in [2.45, 2.75) is 110 Å². The summed E-state index contributed by atoms with van der Waals surface area (Å²) in [6.07, 6.45) is 2.81. The van der Waals surface area contributed by atoms with Crippen LogP contribution >= 0.6 is 11.3 Å². The molecule has 2 N–H and O–H groups in total. The predicted octanol–water partition coefficient (Wildman–Crippen LogP) is 5.61. The van der Waals surface area contributed by atoms with Gasteiger partial charge in [0.2, 0.25) is 5.91 Å². The number of amides is 4. The molecule has 16 heteroatoms. The molecule has 0 aliphatic carbocycles. The lowest BCUT2D eigenvalue weighted by Crippen LogP contribution is -2.64. The van der Waals surface area contributed by atoms with Crippen LogP contribution in [-0.2, 0) is 48.0 Å². The van der Waals surface area contributed by atoms with Gasteiger partial charge in [-0.3, -0.25) is 24.4 Å². The van der Waals surface area contributed by atoms with Crippen LogP contribution in [0.1, 0.15) is 76.8 Å². The molecule has 6 atom stereocenters. The summed E-state index contributed by atoms with van der Waals surface area (Å²) < 4.78 is 19.7. The third-order valence-corrected chi connectivity index (χ3v) is 13.5. The van der Waals surface area contributed by atoms with Gasteiger partial charge in [-0.15, -0.1) is 11.3 Å². The first-order chi connectivity index (χ1) is 29.2. The molecule has 0 spiro atoms. The Morgan fingerprint density at radius 2 is 1.89 bits per heavy atom. The van der Waals surface area contributed by atoms with Crippen molar-refractivity contribution in [1.29, 1.82) is 0 Å². The average Bonchev–Trinajstić information content (AvgIpc) is 3.83. The van der Waals surface area contributed by atoms with E-state index < -0.39 is 42.0 Å². The molecule has 15 nitrogen and oxygen atoms in total. The standard InChI is InChI=1S/C45H60N8O7S/c1-10-52-37-16-15-29-20-32(37)33(41(52)31-13-11-17-46-39(31)28(6)58-8)19-26(4)27(5)60-44(56)34-14-12-18-53(49-34)43(55)35(21-38-47-36(29)24-61-38)48-42(54)40(25(2)3)50(7)45(57)51-22-30(23-51)59-9/h11,13,15-17,20,24-28,30,34-35,40,49H,10,12,14,18-19,21-23H2,1-9H3,(H,48,54)/t26-,27-,28-,34-,35-,40?/m0/s1. The van der Waals surface area contributed by atoms with Crippen LogP contribution in [0.15, 0.2) is 41.9 Å². The molecule has 3 aliphatic rings. The summed E-state index contributed by atoms with van der Waals surface area (Å²) in [5.41, 5.74) is 9.88. The zero-order chi connectivity index (χ0) is 43.7. The molecular weight excluding hydrogens is 797 g/mol. The van der Waals surface area contributed by atoms with Crippen molar-refractivity contribution < 1.29 is 33.4 Å². The lowest BCUT2D eigenvalue weighted by Gasteiger charge is -2.42. The number of ether oxygens (including phenoxy) is 3. The molecule has 3 aliphatic heterocycles. The van der Waals surface area contributed by atoms with Crippen LogP contribution in [0, 0.1) is 11.8 Å². The number of likely N-dealkylation sites (N-methyl/N-ethyl adjacent to an activating group) is 1. The zero-order valence-corrected chi connectivity index (χ0v) is 37.6. The number of carbonyl (C=O) groups excluding carboxylic acids is 4. The van der Waals surface area contributed by atoms with E-state index in [4.69, 9.17) is 24.2 Å². The Morgan fingerprint density at radius 3 is 2.59 bits per heavy atom. The predicted molar refractivity (Wildman–Crippen MR) is 233 cm³/mol. The Morgan fingerprint density at radius 1 is 1.11 bits per heavy atom. The Labute approximate surface area is 362 Å². The maximum Gasteiger partial charge on any atom is 0.325 e. The van der Waals surface area contributed by atoms with Gasteiger partial charge in [0.05, 0.1) is 47.4 Å². The molecule has 1 unspecified atom stereocenters. The van der Waals surface area contributed by atoms with Crippen LogP contribution in [0.4, 0.5) is 4.79 Å². The second-order valence-corrected chi connectivity index (χ2v) is 17.9. The molecule has 6 heterocycles. The molecule has 0 radical (unpaired) electrons. The number of carbonyl (C=O) groups is 4. The van der Waals surface area contributed by atoms with E-state index in [-0.39, 0.29) is 36.5 Å². The maximum absolute atomic E-state index is 14.5. The van der Waals surface area contributed by atoms with Crippen molar-refractivity contribution in [1.82, 2.24) is 40.1 Å². The first kappa shape index (κ1) is 44.2. The molecule has 7 rings (SSSR count). The number of esters is 1. The highest BCUT2D eigenvalue weighted by Crippen LogP contribution is 2.41. The molecule has 2 fully saturated rings. The summed E-state index contributed by atoms with van der Waals surface area (Å²) in [7, 11) is 4.92. The molecule has 328 valence electrons. The Balaban J connectivity index is 1.29. The lowest BCUT2D eigenvalue weighted by atomic mass is 9.91. The second-order valence-electron chi connectivity index (χ2n) is 17.0. The van der Waals surface area contributed by atoms with Crippen molar-refractivity contribution >= 4 is 46.1 Å². The summed E-state index contributed by atoms with van der Waals surface area (Å²) in [4.78, 5) is 69.1. The van der Waals surface area contributed by atoms with Gasteiger partial charge in [0.1, 0.15) is 24.2 Å². The quantitative estimate of drug-likeness (QED) is 0.203. The van der Waals surface area contributed by atoms with Crippen LogP contribution in [0.25, 0.3) is 33.4 Å². The molecule has 2 saturated heterocycles. The molecule has 1 aromatic carbocycles. The van der Waals surface area contributed by atoms with Crippen LogP contribution in [-0.4, -0.2) is 124 Å². The van der Waals surface area contributed by atoms with Crippen LogP contribution in [0.2, 0.25) is 0 Å². The SMILES string of the molecule is CCn1c(-c2cccnc2[C@H](C)OC)c2c3cc(ccc31)-c1csc(n1)C[C@H](NC(=O)C(C(C)C)N(C)C(=O)N1CC(OC)C1)C(=O)N1CCC[C@H](N1)C(=O)O[C@@H](C)[C@@H](C)C2. The topological polar surface area (TPSA) is 160 Å². The second kappa shape index (κ2) is 18.6. The lowest BCUT2D eigenvalue weighted by molar-refractivity contribution is -0.158. The number of aromatic nitrogens is 3. The monoisotopic (exact) mass is 856 g/mol. The van der Waals surface area contributed by atoms with Crippen molar-refractivity contribution in [3.05, 3.63) is 58.2 Å². The number of urea groups is 1. The van der Waals surface area contributed by atoms with E-state index in [1.54, 1.807) is 32.4 Å². The highest BCUT2D eigenvalue weighted by Gasteiger charge is 2.40. The van der Waals surface area contributed by atoms with E-state index in [1.165, 1.54) is 21.2 Å². The number of likely N-dealkylation sites (tertiary alicyclic amines) is 1. The molecule has 6 bridgehead atoms. The number of nitrogens with zero attached hydrogens (tertiary/aromatic N) is 6. The van der Waals surface area contributed by atoms with E-state index in [9.17, 15) is 19.2 Å². The van der Waals surface area contributed by atoms with Crippen molar-refractivity contribution in [3.8, 4) is 22.5 Å². The summed E-state index contributed by atoms with van der Waals surface area (Å²) in [5, 5.41) is 8.16. The van der Waals surface area contributed by atoms with E-state index in [0.717, 1.165) is 44.7 Å². The highest BCUT2D eigenvalue weighted by atomic mass is 32.1. The van der Waals surface area contributed by atoms with Gasteiger partial charge in [-0.25, -0.2) is 15.2 Å². The number of thiazole rings is 1. The molecular formula is C45H60N8O7S. The van der Waals surface area contributed by atoms with Gasteiger partial charge >= 0.3 is 12.0 Å². The van der Waals surface area contributed by atoms with Crippen molar-refractivity contribution in [2.24, 2.45) is 11.8 Å². The fourth-order valence-electron chi connectivity index (χ4n) is 8.83. The van der Waals surface area contributed by atoms with Crippen molar-refractivity contribution in [2.75, 3.05) is 40.9 Å². The normalized spacial score (nSPS) is 22.4. The van der Waals surface area contributed by atoms with Gasteiger partial charge in [-0.05, 0) is 81.7 Å². The molecule has 4 aromatic rings. The number of aryl methyl sites for hydroxylation is 1. The Hall–Kier alpha value is -4.90. The maximum atomic E-state index is 14.5. The molecule has 0 saturated carbocycles. The molecule has 4 amide bonds. The number of benzene rings is 1. The van der Waals surface area contributed by atoms with Gasteiger partial charge in [0.25, 0.3) is 5.91 Å². The third kappa shape index (κ3) is 8.90. The van der Waals surface area contributed by atoms with Gasteiger partial charge in [-0.1, -0.05) is 26.8 Å². The Bertz CT molecular complexity index is 2250. The number of nitrogens with one attached hydrogen (secondary N) is 2. The number of hydrogen-bond acceptors (Lipinski definition) is 11. The Kier molecular flexibility index (Phi) is 13.5. The minimum absolute atomic E-state index is 0.0367. The van der Waals surface area contributed by atoms with Crippen LogP contribution in [0.5, 0.6) is 0 Å². The van der Waals surface area contributed by atoms with E-state index in [0.29, 0.717) is 50.4 Å². The summed E-state index contributed by atoms with van der Waals surface area (Å²) in [5.74, 6) is -1.64. The fraction of sp³-hybridized carbons (Fsp3) is 0.556. The number of pyridine rings is 1. The average molecular weight is 857 g/mol. The van der Waals surface area contributed by atoms with Gasteiger partial charge in [-0.2, -0.15) is 0 Å². The first-order valence-corrected chi connectivity index (χ1v) is 22.3. The zero-order valence-electron chi connectivity index (χ0n) is 36.8. The first-order valence-electron chi connectivity index (χ1n) is 21.4. The fourth-order valence-corrected chi connectivity index (χ4v) is 9.68. The number of hydrazine groups is 1. The highest BCUT2D eigenvalue weighted by molar-refractivity contribution is 7.10. The van der Waals surface area contributed by atoms with Crippen molar-refractivity contribution in [3.63, 3.8) is 0 Å². The summed E-state index contributed by atoms with van der Waals surface area (Å²) in [6, 6.07) is 7.49. The summed E-state index contributed by atoms with van der Waals surface area (Å²) in [6.45, 7) is 13.8. The van der Waals surface area contributed by atoms with Crippen LogP contribution in [0.3, 0.4) is 0 Å². The van der Waals surface area contributed by atoms with Gasteiger partial charge in [0, 0.05) is 74.4 Å².